The Morgan fingerprint density at radius 2 is 1.83 bits per heavy atom. The Hall–Kier alpha value is -3.52. The highest BCUT2D eigenvalue weighted by molar-refractivity contribution is 7.89. The van der Waals surface area contributed by atoms with Crippen LogP contribution in [0, 0.1) is 18.3 Å². The number of nitriles is 1. The molecular weight excluding hydrogens is 486 g/mol. The van der Waals surface area contributed by atoms with E-state index in [4.69, 9.17) is 4.74 Å². The van der Waals surface area contributed by atoms with Crippen LogP contribution in [0.25, 0.3) is 0 Å². The minimum absolute atomic E-state index is 0.0997. The molecule has 0 spiro atoms. The van der Waals surface area contributed by atoms with Gasteiger partial charge in [-0.05, 0) is 61.2 Å². The van der Waals surface area contributed by atoms with E-state index in [1.165, 1.54) is 28.6 Å². The lowest BCUT2D eigenvalue weighted by Crippen LogP contribution is -2.35. The van der Waals surface area contributed by atoms with Crippen LogP contribution in [0.4, 0.5) is 5.00 Å². The Kier molecular flexibility index (Phi) is 7.03. The van der Waals surface area contributed by atoms with Crippen LogP contribution in [0.2, 0.25) is 0 Å². The number of rotatable bonds is 6. The van der Waals surface area contributed by atoms with Crippen LogP contribution in [0.5, 0.6) is 0 Å². The molecule has 1 N–H and O–H groups in total. The van der Waals surface area contributed by atoms with Gasteiger partial charge in [0.2, 0.25) is 10.0 Å². The fourth-order valence-electron chi connectivity index (χ4n) is 3.91. The molecule has 0 atom stereocenters. The lowest BCUT2D eigenvalue weighted by Gasteiger charge is -2.28. The molecule has 35 heavy (non-hydrogen) atoms. The molecule has 2 aromatic carbocycles. The van der Waals surface area contributed by atoms with E-state index in [9.17, 15) is 23.3 Å². The molecule has 0 radical (unpaired) electrons. The summed E-state index contributed by atoms with van der Waals surface area (Å²) in [6, 6.07) is 15.5. The average molecular weight is 510 g/mol. The normalized spacial score (nSPS) is 13.5. The fraction of sp³-hybridized carbons (Fsp3) is 0.240. The maximum atomic E-state index is 13.2. The second-order valence-electron chi connectivity index (χ2n) is 7.93. The summed E-state index contributed by atoms with van der Waals surface area (Å²) < 4.78 is 32.8. The topological polar surface area (TPSA) is 117 Å². The standard InChI is InChI=1S/C25H23N3O5S2/c1-3-33-25(30)22-16(2)21(14-26)24(34-22)27-23(29)18-8-10-20(11-9-18)35(31,32)28-13-12-17-6-4-5-7-19(17)15-28/h4-11H,3,12-13,15H2,1-2H3,(H,27,29). The molecule has 0 bridgehead atoms. The van der Waals surface area contributed by atoms with Gasteiger partial charge >= 0.3 is 5.97 Å². The molecule has 8 nitrogen and oxygen atoms in total. The molecule has 0 fully saturated rings. The van der Waals surface area contributed by atoms with Crippen molar-refractivity contribution in [3.63, 3.8) is 0 Å². The molecule has 180 valence electrons. The van der Waals surface area contributed by atoms with E-state index in [0.717, 1.165) is 22.5 Å². The van der Waals surface area contributed by atoms with E-state index < -0.39 is 21.9 Å². The highest BCUT2D eigenvalue weighted by atomic mass is 32.2. The van der Waals surface area contributed by atoms with Gasteiger partial charge in [0.05, 0.1) is 17.1 Å². The third kappa shape index (κ3) is 4.84. The Balaban J connectivity index is 1.52. The Morgan fingerprint density at radius 1 is 1.14 bits per heavy atom. The molecule has 3 aromatic rings. The number of hydrogen-bond acceptors (Lipinski definition) is 7. The minimum atomic E-state index is -3.72. The van der Waals surface area contributed by atoms with Crippen molar-refractivity contribution in [3.05, 3.63) is 81.2 Å². The smallest absolute Gasteiger partial charge is 0.348 e. The van der Waals surface area contributed by atoms with Crippen LogP contribution in [0.3, 0.4) is 0 Å². The van der Waals surface area contributed by atoms with Crippen molar-refractivity contribution in [2.24, 2.45) is 0 Å². The second kappa shape index (κ2) is 10.00. The number of nitrogens with zero attached hydrogens (tertiary/aromatic N) is 2. The summed E-state index contributed by atoms with van der Waals surface area (Å²) in [5.74, 6) is -1.07. The van der Waals surface area contributed by atoms with Crippen molar-refractivity contribution in [1.29, 1.82) is 5.26 Å². The number of esters is 1. The fourth-order valence-corrected chi connectivity index (χ4v) is 6.37. The van der Waals surface area contributed by atoms with Gasteiger partial charge in [0.25, 0.3) is 5.91 Å². The molecule has 0 aliphatic carbocycles. The van der Waals surface area contributed by atoms with E-state index in [1.807, 2.05) is 30.3 Å². The maximum Gasteiger partial charge on any atom is 0.348 e. The van der Waals surface area contributed by atoms with Gasteiger partial charge < -0.3 is 10.1 Å². The van der Waals surface area contributed by atoms with Crippen LogP contribution in [-0.4, -0.2) is 37.8 Å². The highest BCUT2D eigenvalue weighted by Gasteiger charge is 2.28. The molecule has 1 aliphatic rings. The number of hydrogen-bond donors (Lipinski definition) is 1. The van der Waals surface area contributed by atoms with Crippen LogP contribution in [0.1, 0.15) is 49.2 Å². The zero-order valence-electron chi connectivity index (χ0n) is 19.2. The number of sulfonamides is 1. The van der Waals surface area contributed by atoms with E-state index in [2.05, 4.69) is 5.32 Å². The monoisotopic (exact) mass is 509 g/mol. The van der Waals surface area contributed by atoms with Gasteiger partial charge in [-0.1, -0.05) is 24.3 Å². The average Bonchev–Trinajstić information content (AvgIpc) is 3.18. The molecule has 1 aromatic heterocycles. The maximum absolute atomic E-state index is 13.2. The number of fused-ring (bicyclic) bond motifs is 1. The summed E-state index contributed by atoms with van der Waals surface area (Å²) in [5.41, 5.74) is 2.99. The van der Waals surface area contributed by atoms with E-state index >= 15 is 0 Å². The van der Waals surface area contributed by atoms with Crippen LogP contribution in [-0.2, 0) is 27.7 Å². The number of thiophene rings is 1. The summed E-state index contributed by atoms with van der Waals surface area (Å²) in [4.78, 5) is 25.3. The first kappa shape index (κ1) is 24.6. The SMILES string of the molecule is CCOC(=O)c1sc(NC(=O)c2ccc(S(=O)(=O)N3CCc4ccccc4C3)cc2)c(C#N)c1C. The van der Waals surface area contributed by atoms with Crippen molar-refractivity contribution in [1.82, 2.24) is 4.31 Å². The van der Waals surface area contributed by atoms with Crippen LogP contribution in [0.15, 0.2) is 53.4 Å². The molecule has 0 unspecified atom stereocenters. The molecular formula is C25H23N3O5S2. The highest BCUT2D eigenvalue weighted by Crippen LogP contribution is 2.33. The van der Waals surface area contributed by atoms with Crippen molar-refractivity contribution in [2.45, 2.75) is 31.7 Å². The van der Waals surface area contributed by atoms with Gasteiger partial charge in [-0.25, -0.2) is 13.2 Å². The molecule has 1 amide bonds. The third-order valence-corrected chi connectivity index (χ3v) is 8.84. The molecule has 0 saturated heterocycles. The predicted octanol–water partition coefficient (Wildman–Crippen LogP) is 4.10. The van der Waals surface area contributed by atoms with Crippen molar-refractivity contribution in [2.75, 3.05) is 18.5 Å². The summed E-state index contributed by atoms with van der Waals surface area (Å²) >= 11 is 0.971. The summed E-state index contributed by atoms with van der Waals surface area (Å²) in [6.07, 6.45) is 0.644. The van der Waals surface area contributed by atoms with Crippen molar-refractivity contribution in [3.8, 4) is 6.07 Å². The number of carbonyl (C=O) groups excluding carboxylic acids is 2. The molecule has 0 saturated carbocycles. The zero-order chi connectivity index (χ0) is 25.2. The number of nitrogens with one attached hydrogen (secondary N) is 1. The van der Waals surface area contributed by atoms with Crippen molar-refractivity contribution >= 4 is 38.2 Å². The molecule has 10 heteroatoms. The van der Waals surface area contributed by atoms with Crippen LogP contribution < -0.4 is 5.32 Å². The zero-order valence-corrected chi connectivity index (χ0v) is 20.8. The Bertz CT molecular complexity index is 1440. The van der Waals surface area contributed by atoms with Gasteiger partial charge in [-0.15, -0.1) is 11.3 Å². The van der Waals surface area contributed by atoms with E-state index in [0.29, 0.717) is 25.1 Å². The number of anilines is 1. The summed E-state index contributed by atoms with van der Waals surface area (Å²) in [5, 5.41) is 12.4. The number of carbonyl (C=O) groups is 2. The molecule has 2 heterocycles. The quantitative estimate of drug-likeness (QED) is 0.500. The summed E-state index contributed by atoms with van der Waals surface area (Å²) in [7, 11) is -3.72. The Morgan fingerprint density at radius 3 is 2.49 bits per heavy atom. The van der Waals surface area contributed by atoms with Gasteiger partial charge in [-0.3, -0.25) is 4.79 Å². The predicted molar refractivity (Wildman–Crippen MR) is 132 cm³/mol. The molecule has 1 aliphatic heterocycles. The first-order valence-corrected chi connectivity index (χ1v) is 13.2. The minimum Gasteiger partial charge on any atom is -0.462 e. The largest absolute Gasteiger partial charge is 0.462 e. The lowest BCUT2D eigenvalue weighted by atomic mass is 10.0. The first-order valence-electron chi connectivity index (χ1n) is 10.9. The van der Waals surface area contributed by atoms with Gasteiger partial charge in [0.1, 0.15) is 15.9 Å². The number of ether oxygens (including phenoxy) is 1. The molecule has 4 rings (SSSR count). The second-order valence-corrected chi connectivity index (χ2v) is 10.9. The number of benzene rings is 2. The van der Waals surface area contributed by atoms with Gasteiger partial charge in [0, 0.05) is 18.7 Å². The van der Waals surface area contributed by atoms with Crippen molar-refractivity contribution < 1.29 is 22.7 Å². The summed E-state index contributed by atoms with van der Waals surface area (Å²) in [6.45, 7) is 4.19. The van der Waals surface area contributed by atoms with Gasteiger partial charge in [0.15, 0.2) is 0 Å². The van der Waals surface area contributed by atoms with Gasteiger partial charge in [-0.2, -0.15) is 9.57 Å². The third-order valence-electron chi connectivity index (χ3n) is 5.80. The van der Waals surface area contributed by atoms with E-state index in [1.54, 1.807) is 13.8 Å². The Labute approximate surface area is 207 Å². The lowest BCUT2D eigenvalue weighted by molar-refractivity contribution is 0.0531. The first-order chi connectivity index (χ1) is 16.8. The van der Waals surface area contributed by atoms with Crippen LogP contribution >= 0.6 is 11.3 Å². The van der Waals surface area contributed by atoms with E-state index in [-0.39, 0.29) is 32.5 Å². The number of amides is 1.